The topological polar surface area (TPSA) is 95.5 Å². The van der Waals surface area contributed by atoms with Crippen molar-refractivity contribution in [1.29, 1.82) is 0 Å². The number of rotatable bonds is 3. The summed E-state index contributed by atoms with van der Waals surface area (Å²) in [6, 6.07) is 0.927. The molecule has 0 spiro atoms. The van der Waals surface area contributed by atoms with Crippen LogP contribution in [-0.4, -0.2) is 18.3 Å². The van der Waals surface area contributed by atoms with Crippen LogP contribution in [0, 0.1) is 15.9 Å². The second kappa shape index (κ2) is 3.91. The van der Waals surface area contributed by atoms with Gasteiger partial charge in [-0.3, -0.25) is 14.9 Å². The van der Waals surface area contributed by atoms with Gasteiger partial charge < -0.3 is 10.5 Å². The van der Waals surface area contributed by atoms with Gasteiger partial charge in [-0.1, -0.05) is 0 Å². The first-order chi connectivity index (χ1) is 7.02. The number of halogens is 1. The lowest BCUT2D eigenvalue weighted by atomic mass is 10.1. The normalized spacial score (nSPS) is 9.73. The number of nitrogens with two attached hydrogens (primary N) is 1. The summed E-state index contributed by atoms with van der Waals surface area (Å²) in [5, 5.41) is 10.5. The number of aldehydes is 1. The van der Waals surface area contributed by atoms with E-state index in [1.807, 2.05) is 0 Å². The summed E-state index contributed by atoms with van der Waals surface area (Å²) >= 11 is 0. The van der Waals surface area contributed by atoms with Gasteiger partial charge >= 0.3 is 5.69 Å². The van der Waals surface area contributed by atoms with Crippen LogP contribution in [-0.2, 0) is 0 Å². The van der Waals surface area contributed by atoms with Crippen molar-refractivity contribution in [3.63, 3.8) is 0 Å². The number of nitrogens with zero attached hydrogens (tertiary/aromatic N) is 1. The average Bonchev–Trinajstić information content (AvgIpc) is 2.20. The third-order valence-electron chi connectivity index (χ3n) is 1.80. The highest BCUT2D eigenvalue weighted by molar-refractivity contribution is 5.87. The van der Waals surface area contributed by atoms with E-state index in [0.717, 1.165) is 13.2 Å². The number of carbonyl (C=O) groups is 1. The number of hydrogen-bond acceptors (Lipinski definition) is 5. The summed E-state index contributed by atoms with van der Waals surface area (Å²) in [7, 11) is 1.16. The minimum Gasteiger partial charge on any atom is -0.494 e. The van der Waals surface area contributed by atoms with Gasteiger partial charge in [-0.25, -0.2) is 4.39 Å². The number of nitrogen functional groups attached to an aromatic ring is 1. The maximum absolute atomic E-state index is 13.3. The van der Waals surface area contributed by atoms with Crippen molar-refractivity contribution in [3.8, 4) is 5.75 Å². The zero-order valence-corrected chi connectivity index (χ0v) is 7.69. The van der Waals surface area contributed by atoms with Gasteiger partial charge in [0.1, 0.15) is 0 Å². The predicted molar refractivity (Wildman–Crippen MR) is 49.4 cm³/mol. The summed E-state index contributed by atoms with van der Waals surface area (Å²) in [4.78, 5) is 20.1. The van der Waals surface area contributed by atoms with Crippen LogP contribution < -0.4 is 10.5 Å². The zero-order valence-electron chi connectivity index (χ0n) is 7.69. The molecule has 0 unspecified atom stereocenters. The fourth-order valence-electron chi connectivity index (χ4n) is 1.11. The molecule has 15 heavy (non-hydrogen) atoms. The van der Waals surface area contributed by atoms with Gasteiger partial charge in [0.2, 0.25) is 0 Å². The highest BCUT2D eigenvalue weighted by Gasteiger charge is 2.24. The van der Waals surface area contributed by atoms with Crippen molar-refractivity contribution in [3.05, 3.63) is 27.6 Å². The van der Waals surface area contributed by atoms with Crippen molar-refractivity contribution in [1.82, 2.24) is 0 Å². The molecule has 1 aromatic rings. The Morgan fingerprint density at radius 3 is 2.67 bits per heavy atom. The van der Waals surface area contributed by atoms with Crippen LogP contribution in [0.3, 0.4) is 0 Å². The molecule has 1 aromatic carbocycles. The number of ether oxygens (including phenoxy) is 1. The molecule has 0 saturated heterocycles. The first-order valence-electron chi connectivity index (χ1n) is 3.78. The van der Waals surface area contributed by atoms with Gasteiger partial charge in [0, 0.05) is 6.07 Å². The van der Waals surface area contributed by atoms with Gasteiger partial charge in [0.05, 0.1) is 17.6 Å². The molecule has 0 aliphatic heterocycles. The van der Waals surface area contributed by atoms with Gasteiger partial charge in [-0.15, -0.1) is 0 Å². The highest BCUT2D eigenvalue weighted by Crippen LogP contribution is 2.34. The molecule has 0 aliphatic carbocycles. The third-order valence-corrected chi connectivity index (χ3v) is 1.80. The predicted octanol–water partition coefficient (Wildman–Crippen LogP) is 1.14. The van der Waals surface area contributed by atoms with E-state index >= 15 is 0 Å². The van der Waals surface area contributed by atoms with E-state index in [2.05, 4.69) is 4.74 Å². The van der Waals surface area contributed by atoms with Gasteiger partial charge in [0.15, 0.2) is 23.5 Å². The molecule has 7 heteroatoms. The monoisotopic (exact) mass is 214 g/mol. The quantitative estimate of drug-likeness (QED) is 0.352. The fraction of sp³-hybridized carbons (Fsp3) is 0.125. The summed E-state index contributed by atoms with van der Waals surface area (Å²) in [5.74, 6) is -1.35. The van der Waals surface area contributed by atoms with Crippen molar-refractivity contribution in [2.45, 2.75) is 0 Å². The van der Waals surface area contributed by atoms with Gasteiger partial charge in [-0.05, 0) is 0 Å². The van der Waals surface area contributed by atoms with Crippen molar-refractivity contribution >= 4 is 17.7 Å². The Morgan fingerprint density at radius 2 is 2.27 bits per heavy atom. The molecule has 0 aliphatic rings. The first-order valence-corrected chi connectivity index (χ1v) is 3.78. The Balaban J connectivity index is 3.58. The molecule has 0 heterocycles. The van der Waals surface area contributed by atoms with E-state index < -0.39 is 22.1 Å². The third kappa shape index (κ3) is 1.71. The van der Waals surface area contributed by atoms with E-state index in [1.165, 1.54) is 0 Å². The number of benzene rings is 1. The standard InChI is InChI=1S/C8H7FN2O4/c1-15-5-2-4(3-12)8(11(13)14)7(10)6(5)9/h2-3H,10H2,1H3. The Hall–Kier alpha value is -2.18. The SMILES string of the molecule is COc1cc(C=O)c([N+](=O)[O-])c(N)c1F. The lowest BCUT2D eigenvalue weighted by Gasteiger charge is -2.06. The molecule has 6 nitrogen and oxygen atoms in total. The smallest absolute Gasteiger partial charge is 0.305 e. The molecule has 0 aromatic heterocycles. The molecular weight excluding hydrogens is 207 g/mol. The van der Waals surface area contributed by atoms with Crippen molar-refractivity contribution < 1.29 is 18.8 Å². The number of nitro benzene ring substituents is 1. The van der Waals surface area contributed by atoms with Crippen molar-refractivity contribution in [2.75, 3.05) is 12.8 Å². The number of carbonyl (C=O) groups excluding carboxylic acids is 1. The van der Waals surface area contributed by atoms with Gasteiger partial charge in [-0.2, -0.15) is 0 Å². The van der Waals surface area contributed by atoms with Gasteiger partial charge in [0.25, 0.3) is 0 Å². The molecule has 0 saturated carbocycles. The van der Waals surface area contributed by atoms with E-state index in [0.29, 0.717) is 0 Å². The number of hydrogen-bond donors (Lipinski definition) is 1. The summed E-state index contributed by atoms with van der Waals surface area (Å²) in [6.07, 6.45) is 0.219. The van der Waals surface area contributed by atoms with E-state index in [1.54, 1.807) is 0 Å². The molecule has 0 bridgehead atoms. The van der Waals surface area contributed by atoms with E-state index in [4.69, 9.17) is 5.73 Å². The molecule has 0 amide bonds. The number of anilines is 1. The first kappa shape index (κ1) is 10.9. The van der Waals surface area contributed by atoms with Crippen LogP contribution in [0.1, 0.15) is 10.4 Å². The highest BCUT2D eigenvalue weighted by atomic mass is 19.1. The average molecular weight is 214 g/mol. The van der Waals surface area contributed by atoms with E-state index in [-0.39, 0.29) is 17.6 Å². The maximum Gasteiger partial charge on any atom is 0.305 e. The fourth-order valence-corrected chi connectivity index (χ4v) is 1.11. The van der Waals surface area contributed by atoms with Crippen LogP contribution in [0.5, 0.6) is 5.75 Å². The second-order valence-corrected chi connectivity index (χ2v) is 2.62. The lowest BCUT2D eigenvalue weighted by molar-refractivity contribution is -0.384. The second-order valence-electron chi connectivity index (χ2n) is 2.62. The largest absolute Gasteiger partial charge is 0.494 e. The summed E-state index contributed by atoms with van der Waals surface area (Å²) in [5.41, 5.74) is 3.40. The minimum atomic E-state index is -1.05. The zero-order chi connectivity index (χ0) is 11.6. The summed E-state index contributed by atoms with van der Waals surface area (Å²) < 4.78 is 17.8. The van der Waals surface area contributed by atoms with Crippen LogP contribution in [0.25, 0.3) is 0 Å². The molecule has 80 valence electrons. The molecule has 0 atom stereocenters. The summed E-state index contributed by atoms with van der Waals surface area (Å²) in [6.45, 7) is 0. The number of nitro groups is 1. The van der Waals surface area contributed by atoms with Crippen LogP contribution in [0.15, 0.2) is 6.07 Å². The maximum atomic E-state index is 13.3. The Labute approximate surface area is 83.6 Å². The minimum absolute atomic E-state index is 0.219. The molecule has 1 rings (SSSR count). The lowest BCUT2D eigenvalue weighted by Crippen LogP contribution is -2.04. The molecule has 0 radical (unpaired) electrons. The molecule has 2 N–H and O–H groups in total. The Bertz CT molecular complexity index is 433. The molecule has 0 fully saturated rings. The van der Waals surface area contributed by atoms with Crippen molar-refractivity contribution in [2.24, 2.45) is 0 Å². The number of methoxy groups -OCH3 is 1. The van der Waals surface area contributed by atoms with Crippen LogP contribution in [0.2, 0.25) is 0 Å². The van der Waals surface area contributed by atoms with Crippen LogP contribution >= 0.6 is 0 Å². The van der Waals surface area contributed by atoms with Crippen LogP contribution in [0.4, 0.5) is 15.8 Å². The van der Waals surface area contributed by atoms with E-state index in [9.17, 15) is 19.3 Å². The Kier molecular flexibility index (Phi) is 2.84. The molecular formula is C8H7FN2O4. The Morgan fingerprint density at radius 1 is 1.67 bits per heavy atom.